The zero-order chi connectivity index (χ0) is 14.7. The number of halogens is 1. The SMILES string of the molecule is CCOC(=O)c1cc(N)c(N2CCCC[C@H]2C)c(Br)c1. The molecule has 0 spiro atoms. The molecule has 1 atom stereocenters. The lowest BCUT2D eigenvalue weighted by Crippen LogP contribution is -2.38. The smallest absolute Gasteiger partial charge is 0.338 e. The fourth-order valence-corrected chi connectivity index (χ4v) is 3.39. The van der Waals surface area contributed by atoms with E-state index >= 15 is 0 Å². The molecule has 1 saturated heterocycles. The van der Waals surface area contributed by atoms with Crippen LogP contribution in [0.15, 0.2) is 16.6 Å². The molecule has 0 radical (unpaired) electrons. The molecule has 0 aromatic heterocycles. The molecular formula is C15H21BrN2O2. The molecule has 0 saturated carbocycles. The third-order valence-electron chi connectivity index (χ3n) is 3.69. The van der Waals surface area contributed by atoms with Gasteiger partial charge in [0.1, 0.15) is 0 Å². The minimum atomic E-state index is -0.335. The lowest BCUT2D eigenvalue weighted by molar-refractivity contribution is 0.0526. The van der Waals surface area contributed by atoms with Crippen molar-refractivity contribution in [3.63, 3.8) is 0 Å². The molecule has 5 heteroatoms. The number of carbonyl (C=O) groups excluding carboxylic acids is 1. The van der Waals surface area contributed by atoms with Crippen LogP contribution in [0.1, 0.15) is 43.5 Å². The van der Waals surface area contributed by atoms with Crippen molar-refractivity contribution in [1.82, 2.24) is 0 Å². The van der Waals surface area contributed by atoms with Gasteiger partial charge in [0.25, 0.3) is 0 Å². The Morgan fingerprint density at radius 3 is 2.85 bits per heavy atom. The molecule has 1 heterocycles. The van der Waals surface area contributed by atoms with Crippen molar-refractivity contribution >= 4 is 33.3 Å². The first-order valence-electron chi connectivity index (χ1n) is 7.07. The Hall–Kier alpha value is -1.23. The van der Waals surface area contributed by atoms with Crippen molar-refractivity contribution in [3.8, 4) is 0 Å². The first kappa shape index (κ1) is 15.2. The summed E-state index contributed by atoms with van der Waals surface area (Å²) in [7, 11) is 0. The van der Waals surface area contributed by atoms with E-state index in [2.05, 4.69) is 27.8 Å². The van der Waals surface area contributed by atoms with E-state index in [1.165, 1.54) is 19.3 Å². The monoisotopic (exact) mass is 340 g/mol. The molecule has 0 unspecified atom stereocenters. The van der Waals surface area contributed by atoms with Gasteiger partial charge in [-0.1, -0.05) is 0 Å². The average Bonchev–Trinajstić information content (AvgIpc) is 2.40. The zero-order valence-electron chi connectivity index (χ0n) is 12.0. The van der Waals surface area contributed by atoms with E-state index in [0.717, 1.165) is 16.7 Å². The van der Waals surface area contributed by atoms with Crippen LogP contribution >= 0.6 is 15.9 Å². The number of anilines is 2. The Morgan fingerprint density at radius 1 is 1.50 bits per heavy atom. The standard InChI is InChI=1S/C15H21BrN2O2/c1-3-20-15(19)11-8-12(16)14(13(17)9-11)18-7-5-4-6-10(18)2/h8-10H,3-7,17H2,1-2H3/t10-/m1/s1. The van der Waals surface area contributed by atoms with Gasteiger partial charge in [0.15, 0.2) is 0 Å². The lowest BCUT2D eigenvalue weighted by atomic mass is 10.0. The second-order valence-electron chi connectivity index (χ2n) is 5.15. The maximum atomic E-state index is 11.8. The van der Waals surface area contributed by atoms with Crippen LogP contribution in [-0.2, 0) is 4.74 Å². The number of carbonyl (C=O) groups is 1. The maximum Gasteiger partial charge on any atom is 0.338 e. The van der Waals surface area contributed by atoms with E-state index in [4.69, 9.17) is 10.5 Å². The van der Waals surface area contributed by atoms with Gasteiger partial charge in [0, 0.05) is 17.1 Å². The molecule has 2 rings (SSSR count). The van der Waals surface area contributed by atoms with E-state index in [9.17, 15) is 4.79 Å². The second kappa shape index (κ2) is 6.48. The summed E-state index contributed by atoms with van der Waals surface area (Å²) in [6, 6.07) is 3.97. The molecule has 4 nitrogen and oxygen atoms in total. The van der Waals surface area contributed by atoms with Crippen LogP contribution in [0.2, 0.25) is 0 Å². The molecule has 0 bridgehead atoms. The van der Waals surface area contributed by atoms with Gasteiger partial charge in [-0.3, -0.25) is 0 Å². The van der Waals surface area contributed by atoms with E-state index in [0.29, 0.717) is 23.9 Å². The Balaban J connectivity index is 2.33. The number of nitrogens with zero attached hydrogens (tertiary/aromatic N) is 1. The highest BCUT2D eigenvalue weighted by molar-refractivity contribution is 9.10. The highest BCUT2D eigenvalue weighted by Crippen LogP contribution is 2.37. The minimum absolute atomic E-state index is 0.335. The molecule has 2 N–H and O–H groups in total. The molecule has 1 fully saturated rings. The van der Waals surface area contributed by atoms with Gasteiger partial charge in [-0.05, 0) is 61.2 Å². The second-order valence-corrected chi connectivity index (χ2v) is 6.01. The average molecular weight is 341 g/mol. The summed E-state index contributed by atoms with van der Waals surface area (Å²) in [6.07, 6.45) is 3.61. The summed E-state index contributed by atoms with van der Waals surface area (Å²) in [5, 5.41) is 0. The van der Waals surface area contributed by atoms with Gasteiger partial charge < -0.3 is 15.4 Å². The predicted octanol–water partition coefficient (Wildman–Crippen LogP) is 3.59. The van der Waals surface area contributed by atoms with E-state index in [-0.39, 0.29) is 5.97 Å². The van der Waals surface area contributed by atoms with Crippen LogP contribution in [-0.4, -0.2) is 25.2 Å². The molecule has 20 heavy (non-hydrogen) atoms. The van der Waals surface area contributed by atoms with Crippen LogP contribution in [0.5, 0.6) is 0 Å². The summed E-state index contributed by atoms with van der Waals surface area (Å²) in [5.41, 5.74) is 8.27. The quantitative estimate of drug-likeness (QED) is 0.674. The first-order valence-corrected chi connectivity index (χ1v) is 7.86. The van der Waals surface area contributed by atoms with Crippen molar-refractivity contribution in [2.24, 2.45) is 0 Å². The summed E-state index contributed by atoms with van der Waals surface area (Å²) in [5.74, 6) is -0.335. The number of nitrogens with two attached hydrogens (primary N) is 1. The highest BCUT2D eigenvalue weighted by Gasteiger charge is 2.23. The van der Waals surface area contributed by atoms with Crippen molar-refractivity contribution in [2.75, 3.05) is 23.8 Å². The number of piperidine rings is 1. The highest BCUT2D eigenvalue weighted by atomic mass is 79.9. The minimum Gasteiger partial charge on any atom is -0.462 e. The van der Waals surface area contributed by atoms with Gasteiger partial charge in [-0.25, -0.2) is 4.79 Å². The third-order valence-corrected chi connectivity index (χ3v) is 4.30. The van der Waals surface area contributed by atoms with Gasteiger partial charge in [-0.15, -0.1) is 0 Å². The molecule has 110 valence electrons. The molecule has 1 aliphatic heterocycles. The lowest BCUT2D eigenvalue weighted by Gasteiger charge is -2.36. The topological polar surface area (TPSA) is 55.6 Å². The molecule has 1 aromatic rings. The molecule has 1 aromatic carbocycles. The number of benzene rings is 1. The van der Waals surface area contributed by atoms with Crippen molar-refractivity contribution in [1.29, 1.82) is 0 Å². The maximum absolute atomic E-state index is 11.8. The Bertz CT molecular complexity index is 482. The summed E-state index contributed by atoms with van der Waals surface area (Å²) < 4.78 is 5.87. The summed E-state index contributed by atoms with van der Waals surface area (Å²) in [4.78, 5) is 14.1. The first-order chi connectivity index (χ1) is 9.54. The largest absolute Gasteiger partial charge is 0.462 e. The van der Waals surface area contributed by atoms with E-state index in [1.54, 1.807) is 19.1 Å². The van der Waals surface area contributed by atoms with Crippen molar-refractivity contribution in [3.05, 3.63) is 22.2 Å². The van der Waals surface area contributed by atoms with Crippen LogP contribution in [0, 0.1) is 0 Å². The van der Waals surface area contributed by atoms with Crippen LogP contribution in [0.3, 0.4) is 0 Å². The Labute approximate surface area is 128 Å². The fourth-order valence-electron chi connectivity index (χ4n) is 2.69. The van der Waals surface area contributed by atoms with Crippen molar-refractivity contribution < 1.29 is 9.53 Å². The fraction of sp³-hybridized carbons (Fsp3) is 0.533. The number of nitrogen functional groups attached to an aromatic ring is 1. The summed E-state index contributed by atoms with van der Waals surface area (Å²) >= 11 is 3.55. The van der Waals surface area contributed by atoms with Crippen LogP contribution < -0.4 is 10.6 Å². The van der Waals surface area contributed by atoms with E-state index < -0.39 is 0 Å². The number of ether oxygens (including phenoxy) is 1. The molecular weight excluding hydrogens is 320 g/mol. The van der Waals surface area contributed by atoms with E-state index in [1.807, 2.05) is 0 Å². The molecule has 1 aliphatic rings. The summed E-state index contributed by atoms with van der Waals surface area (Å²) in [6.45, 7) is 5.37. The Morgan fingerprint density at radius 2 is 2.25 bits per heavy atom. The number of esters is 1. The van der Waals surface area contributed by atoms with Crippen molar-refractivity contribution in [2.45, 2.75) is 39.2 Å². The Kier molecular flexibility index (Phi) is 4.91. The van der Waals surface area contributed by atoms with Crippen LogP contribution in [0.25, 0.3) is 0 Å². The van der Waals surface area contributed by atoms with Gasteiger partial charge in [0.2, 0.25) is 0 Å². The third kappa shape index (κ3) is 3.08. The number of rotatable bonds is 3. The van der Waals surface area contributed by atoms with Gasteiger partial charge >= 0.3 is 5.97 Å². The normalized spacial score (nSPS) is 18.9. The molecule has 0 amide bonds. The van der Waals surface area contributed by atoms with Gasteiger partial charge in [0.05, 0.1) is 23.5 Å². The number of hydrogen-bond donors (Lipinski definition) is 1. The number of hydrogen-bond acceptors (Lipinski definition) is 4. The van der Waals surface area contributed by atoms with Crippen LogP contribution in [0.4, 0.5) is 11.4 Å². The zero-order valence-corrected chi connectivity index (χ0v) is 13.6. The van der Waals surface area contributed by atoms with Gasteiger partial charge in [-0.2, -0.15) is 0 Å². The molecule has 0 aliphatic carbocycles. The predicted molar refractivity (Wildman–Crippen MR) is 85.2 cm³/mol.